The number of rotatable bonds is 2. The summed E-state index contributed by atoms with van der Waals surface area (Å²) in [4.78, 5) is 0. The summed E-state index contributed by atoms with van der Waals surface area (Å²) < 4.78 is 0. The second kappa shape index (κ2) is 4.08. The lowest BCUT2D eigenvalue weighted by molar-refractivity contribution is 0.0780. The van der Waals surface area contributed by atoms with E-state index in [1.807, 2.05) is 0 Å². The molecule has 0 aromatic carbocycles. The van der Waals surface area contributed by atoms with E-state index in [0.717, 1.165) is 0 Å². The standard InChI is InChI=1S/C15H27N/c1-8-15(6,7)16-12-9-13(2,3)11-14(4,5)10-12/h1,12,16H,9-11H2,2-7H3. The fourth-order valence-corrected chi connectivity index (χ4v) is 3.50. The van der Waals surface area contributed by atoms with E-state index in [9.17, 15) is 0 Å². The minimum absolute atomic E-state index is 0.186. The van der Waals surface area contributed by atoms with Gasteiger partial charge in [0.05, 0.1) is 5.54 Å². The molecule has 0 aromatic rings. The van der Waals surface area contributed by atoms with Gasteiger partial charge in [-0.05, 0) is 43.9 Å². The molecule has 1 aliphatic carbocycles. The van der Waals surface area contributed by atoms with Crippen LogP contribution in [0.3, 0.4) is 0 Å². The van der Waals surface area contributed by atoms with Crippen LogP contribution in [0.5, 0.6) is 0 Å². The molecular formula is C15H27N. The molecule has 0 radical (unpaired) electrons. The molecule has 1 fully saturated rings. The molecule has 0 bridgehead atoms. The summed E-state index contributed by atoms with van der Waals surface area (Å²) in [5, 5.41) is 3.62. The molecule has 92 valence electrons. The summed E-state index contributed by atoms with van der Waals surface area (Å²) in [5.74, 6) is 2.83. The molecule has 0 aromatic heterocycles. The molecule has 1 saturated carbocycles. The Kier molecular flexibility index (Phi) is 3.46. The monoisotopic (exact) mass is 221 g/mol. The topological polar surface area (TPSA) is 12.0 Å². The van der Waals surface area contributed by atoms with Crippen LogP contribution in [0.1, 0.15) is 60.8 Å². The van der Waals surface area contributed by atoms with Crippen molar-refractivity contribution in [3.05, 3.63) is 0 Å². The van der Waals surface area contributed by atoms with E-state index in [1.54, 1.807) is 0 Å². The maximum Gasteiger partial charge on any atom is 0.0743 e. The third kappa shape index (κ3) is 3.83. The third-order valence-electron chi connectivity index (χ3n) is 3.48. The maximum absolute atomic E-state index is 5.55. The molecule has 0 amide bonds. The van der Waals surface area contributed by atoms with Crippen molar-refractivity contribution < 1.29 is 0 Å². The van der Waals surface area contributed by atoms with Gasteiger partial charge in [-0.3, -0.25) is 5.32 Å². The Morgan fingerprint density at radius 2 is 1.56 bits per heavy atom. The van der Waals surface area contributed by atoms with Crippen LogP contribution in [0.25, 0.3) is 0 Å². The molecule has 1 N–H and O–H groups in total. The third-order valence-corrected chi connectivity index (χ3v) is 3.48. The van der Waals surface area contributed by atoms with Crippen molar-refractivity contribution in [2.45, 2.75) is 72.4 Å². The van der Waals surface area contributed by atoms with Crippen molar-refractivity contribution >= 4 is 0 Å². The quantitative estimate of drug-likeness (QED) is 0.703. The molecular weight excluding hydrogens is 194 g/mol. The van der Waals surface area contributed by atoms with E-state index in [1.165, 1.54) is 19.3 Å². The number of terminal acetylenes is 1. The largest absolute Gasteiger partial charge is 0.299 e. The Hall–Kier alpha value is -0.480. The van der Waals surface area contributed by atoms with Gasteiger partial charge in [-0.2, -0.15) is 0 Å². The highest BCUT2D eigenvalue weighted by molar-refractivity contribution is 5.09. The van der Waals surface area contributed by atoms with Gasteiger partial charge in [0.15, 0.2) is 0 Å². The van der Waals surface area contributed by atoms with Crippen LogP contribution < -0.4 is 5.32 Å². The second-order valence-electron chi connectivity index (χ2n) is 7.52. The summed E-state index contributed by atoms with van der Waals surface area (Å²) in [7, 11) is 0. The number of hydrogen-bond donors (Lipinski definition) is 1. The molecule has 1 heteroatoms. The molecule has 0 saturated heterocycles. The van der Waals surface area contributed by atoms with Crippen LogP contribution in [0.4, 0.5) is 0 Å². The Morgan fingerprint density at radius 1 is 1.12 bits per heavy atom. The Morgan fingerprint density at radius 3 is 1.94 bits per heavy atom. The molecule has 1 aliphatic rings. The number of nitrogens with one attached hydrogen (secondary N) is 1. The predicted molar refractivity (Wildman–Crippen MR) is 71.2 cm³/mol. The van der Waals surface area contributed by atoms with Crippen LogP contribution in [-0.2, 0) is 0 Å². The summed E-state index contributed by atoms with van der Waals surface area (Å²) in [6, 6.07) is 0.546. The Balaban J connectivity index is 2.73. The average Bonchev–Trinajstić information content (AvgIpc) is 1.96. The maximum atomic E-state index is 5.55. The van der Waals surface area contributed by atoms with Crippen molar-refractivity contribution in [3.8, 4) is 12.3 Å². The molecule has 0 atom stereocenters. The zero-order chi connectivity index (χ0) is 12.6. The van der Waals surface area contributed by atoms with Crippen LogP contribution >= 0.6 is 0 Å². The number of hydrogen-bond acceptors (Lipinski definition) is 1. The van der Waals surface area contributed by atoms with Gasteiger partial charge < -0.3 is 0 Å². The molecule has 1 rings (SSSR count). The molecule has 0 unspecified atom stereocenters. The van der Waals surface area contributed by atoms with Gasteiger partial charge >= 0.3 is 0 Å². The predicted octanol–water partition coefficient (Wildman–Crippen LogP) is 3.59. The minimum atomic E-state index is -0.186. The first-order chi connectivity index (χ1) is 7.05. The summed E-state index contributed by atoms with van der Waals surface area (Å²) >= 11 is 0. The highest BCUT2D eigenvalue weighted by Crippen LogP contribution is 2.45. The second-order valence-corrected chi connectivity index (χ2v) is 7.52. The first kappa shape index (κ1) is 13.6. The molecule has 16 heavy (non-hydrogen) atoms. The van der Waals surface area contributed by atoms with Crippen LogP contribution in [0.15, 0.2) is 0 Å². The van der Waals surface area contributed by atoms with E-state index < -0.39 is 0 Å². The zero-order valence-electron chi connectivity index (χ0n) is 11.8. The molecule has 0 heterocycles. The fourth-order valence-electron chi connectivity index (χ4n) is 3.50. The normalized spacial score (nSPS) is 25.1. The van der Waals surface area contributed by atoms with E-state index in [0.29, 0.717) is 16.9 Å². The van der Waals surface area contributed by atoms with Crippen molar-refractivity contribution in [1.82, 2.24) is 5.32 Å². The first-order valence-electron chi connectivity index (χ1n) is 6.31. The molecule has 1 nitrogen and oxygen atoms in total. The van der Waals surface area contributed by atoms with Crippen molar-refractivity contribution in [1.29, 1.82) is 0 Å². The van der Waals surface area contributed by atoms with Crippen molar-refractivity contribution in [3.63, 3.8) is 0 Å². The van der Waals surface area contributed by atoms with E-state index in [2.05, 4.69) is 52.8 Å². The van der Waals surface area contributed by atoms with Gasteiger partial charge in [-0.1, -0.05) is 33.6 Å². The Bertz CT molecular complexity index is 275. The van der Waals surface area contributed by atoms with E-state index in [-0.39, 0.29) is 5.54 Å². The molecule has 0 aliphatic heterocycles. The van der Waals surface area contributed by atoms with Crippen LogP contribution in [0, 0.1) is 23.2 Å². The van der Waals surface area contributed by atoms with Gasteiger partial charge in [0.2, 0.25) is 0 Å². The van der Waals surface area contributed by atoms with Gasteiger partial charge in [-0.15, -0.1) is 6.42 Å². The molecule has 0 spiro atoms. The van der Waals surface area contributed by atoms with Crippen LogP contribution in [0.2, 0.25) is 0 Å². The summed E-state index contributed by atoms with van der Waals surface area (Å²) in [6.45, 7) is 13.6. The minimum Gasteiger partial charge on any atom is -0.299 e. The van der Waals surface area contributed by atoms with Crippen LogP contribution in [-0.4, -0.2) is 11.6 Å². The lowest BCUT2D eigenvalue weighted by Gasteiger charge is -2.46. The first-order valence-corrected chi connectivity index (χ1v) is 6.31. The van der Waals surface area contributed by atoms with Crippen molar-refractivity contribution in [2.75, 3.05) is 0 Å². The highest BCUT2D eigenvalue weighted by Gasteiger charge is 2.39. The zero-order valence-corrected chi connectivity index (χ0v) is 11.8. The van der Waals surface area contributed by atoms with Gasteiger partial charge in [0, 0.05) is 6.04 Å². The van der Waals surface area contributed by atoms with Gasteiger partial charge in [-0.25, -0.2) is 0 Å². The van der Waals surface area contributed by atoms with E-state index in [4.69, 9.17) is 6.42 Å². The SMILES string of the molecule is C#CC(C)(C)NC1CC(C)(C)CC(C)(C)C1. The highest BCUT2D eigenvalue weighted by atomic mass is 15.0. The summed E-state index contributed by atoms with van der Waals surface area (Å²) in [5.41, 5.74) is 0.655. The fraction of sp³-hybridized carbons (Fsp3) is 0.867. The average molecular weight is 221 g/mol. The summed E-state index contributed by atoms with van der Waals surface area (Å²) in [6.07, 6.45) is 9.29. The lowest BCUT2D eigenvalue weighted by Crippen LogP contribution is -2.51. The van der Waals surface area contributed by atoms with Gasteiger partial charge in [0.1, 0.15) is 0 Å². The van der Waals surface area contributed by atoms with Crippen molar-refractivity contribution in [2.24, 2.45) is 10.8 Å². The smallest absolute Gasteiger partial charge is 0.0743 e. The lowest BCUT2D eigenvalue weighted by atomic mass is 9.63. The van der Waals surface area contributed by atoms with Gasteiger partial charge in [0.25, 0.3) is 0 Å². The van der Waals surface area contributed by atoms with E-state index >= 15 is 0 Å². The Labute approximate surface area is 101 Å².